The van der Waals surface area contributed by atoms with Crippen molar-refractivity contribution in [2.45, 2.75) is 31.6 Å². The van der Waals surface area contributed by atoms with Crippen molar-refractivity contribution in [2.24, 2.45) is 0 Å². The quantitative estimate of drug-likeness (QED) is 0.451. The Morgan fingerprint density at radius 2 is 2.25 bits per heavy atom. The molecule has 0 fully saturated rings. The molecule has 3 nitrogen and oxygen atoms in total. The van der Waals surface area contributed by atoms with Crippen molar-refractivity contribution in [1.82, 2.24) is 0 Å². The molecule has 0 aliphatic heterocycles. The lowest BCUT2D eigenvalue weighted by Gasteiger charge is -2.08. The maximum Gasteiger partial charge on any atom is 0.272 e. The van der Waals surface area contributed by atoms with Crippen molar-refractivity contribution in [3.05, 3.63) is 39.7 Å². The van der Waals surface area contributed by atoms with Gasteiger partial charge in [-0.25, -0.2) is 4.39 Å². The normalized spacial score (nSPS) is 12.4. The monoisotopic (exact) mass is 245 g/mol. The molecule has 0 saturated carbocycles. The van der Waals surface area contributed by atoms with Crippen molar-refractivity contribution in [2.75, 3.05) is 0 Å². The second-order valence-corrected chi connectivity index (χ2v) is 4.24. The molecular weight excluding hydrogens is 233 g/mol. The molecule has 5 heteroatoms. The fourth-order valence-corrected chi connectivity index (χ4v) is 1.85. The molecule has 0 saturated heterocycles. The molecule has 1 atom stereocenters. The summed E-state index contributed by atoms with van der Waals surface area (Å²) < 4.78 is 13.4. The minimum Gasteiger partial charge on any atom is -0.258 e. The number of non-ortho nitro benzene ring substituents is 1. The van der Waals surface area contributed by atoms with Crippen LogP contribution < -0.4 is 0 Å². The van der Waals surface area contributed by atoms with E-state index >= 15 is 0 Å². The van der Waals surface area contributed by atoms with Crippen molar-refractivity contribution in [3.63, 3.8) is 0 Å². The molecule has 0 N–H and O–H groups in total. The zero-order chi connectivity index (χ0) is 12.1. The highest BCUT2D eigenvalue weighted by Gasteiger charge is 2.13. The number of nitrogens with zero attached hydrogens (tertiary/aromatic N) is 1. The highest BCUT2D eigenvalue weighted by Crippen LogP contribution is 2.20. The molecule has 1 aromatic carbocycles. The first-order chi connectivity index (χ1) is 7.54. The first-order valence-corrected chi connectivity index (χ1v) is 5.55. The summed E-state index contributed by atoms with van der Waals surface area (Å²) in [6.45, 7) is 2.00. The third-order valence-corrected chi connectivity index (χ3v) is 2.66. The SMILES string of the molecule is CCCC(Cl)Cc1ccc([N+](=O)[O-])cc1F. The summed E-state index contributed by atoms with van der Waals surface area (Å²) in [5, 5.41) is 10.3. The van der Waals surface area contributed by atoms with E-state index in [-0.39, 0.29) is 11.1 Å². The van der Waals surface area contributed by atoms with E-state index in [9.17, 15) is 14.5 Å². The van der Waals surface area contributed by atoms with E-state index in [0.717, 1.165) is 18.9 Å². The third kappa shape index (κ3) is 3.45. The number of hydrogen-bond acceptors (Lipinski definition) is 2. The molecule has 0 aliphatic rings. The van der Waals surface area contributed by atoms with E-state index in [1.807, 2.05) is 6.92 Å². The van der Waals surface area contributed by atoms with E-state index in [1.165, 1.54) is 12.1 Å². The van der Waals surface area contributed by atoms with Crippen LogP contribution >= 0.6 is 11.6 Å². The Morgan fingerprint density at radius 1 is 1.56 bits per heavy atom. The average molecular weight is 246 g/mol. The van der Waals surface area contributed by atoms with Crippen LogP contribution in [0.25, 0.3) is 0 Å². The van der Waals surface area contributed by atoms with Crippen molar-refractivity contribution in [1.29, 1.82) is 0 Å². The summed E-state index contributed by atoms with van der Waals surface area (Å²) in [5.41, 5.74) is 0.196. The van der Waals surface area contributed by atoms with Gasteiger partial charge in [0.1, 0.15) is 5.82 Å². The Balaban J connectivity index is 2.79. The lowest BCUT2D eigenvalue weighted by atomic mass is 10.1. The minimum absolute atomic E-state index is 0.124. The van der Waals surface area contributed by atoms with Crippen LogP contribution in [0.3, 0.4) is 0 Å². The molecule has 0 aromatic heterocycles. The largest absolute Gasteiger partial charge is 0.272 e. The zero-order valence-corrected chi connectivity index (χ0v) is 9.71. The third-order valence-electron chi connectivity index (χ3n) is 2.29. The van der Waals surface area contributed by atoms with Gasteiger partial charge < -0.3 is 0 Å². The van der Waals surface area contributed by atoms with Gasteiger partial charge in [0.05, 0.1) is 11.0 Å². The first-order valence-electron chi connectivity index (χ1n) is 5.11. The van der Waals surface area contributed by atoms with Crippen LogP contribution in [-0.4, -0.2) is 10.3 Å². The van der Waals surface area contributed by atoms with E-state index in [1.54, 1.807) is 0 Å². The molecule has 0 heterocycles. The number of halogens is 2. The molecule has 1 unspecified atom stereocenters. The smallest absolute Gasteiger partial charge is 0.258 e. The number of benzene rings is 1. The van der Waals surface area contributed by atoms with Gasteiger partial charge in [-0.2, -0.15) is 0 Å². The van der Waals surface area contributed by atoms with E-state index in [4.69, 9.17) is 11.6 Å². The molecule has 1 aromatic rings. The molecule has 0 bridgehead atoms. The van der Waals surface area contributed by atoms with Gasteiger partial charge in [0, 0.05) is 11.4 Å². The van der Waals surface area contributed by atoms with Gasteiger partial charge >= 0.3 is 0 Å². The zero-order valence-electron chi connectivity index (χ0n) is 8.95. The van der Waals surface area contributed by atoms with Crippen molar-refractivity contribution >= 4 is 17.3 Å². The molecule has 0 radical (unpaired) electrons. The molecule has 16 heavy (non-hydrogen) atoms. The van der Waals surface area contributed by atoms with Crippen LogP contribution in [0, 0.1) is 15.9 Å². The maximum absolute atomic E-state index is 13.4. The molecule has 0 aliphatic carbocycles. The lowest BCUT2D eigenvalue weighted by Crippen LogP contribution is -2.05. The second kappa shape index (κ2) is 5.80. The van der Waals surface area contributed by atoms with Gasteiger partial charge in [0.25, 0.3) is 5.69 Å². The second-order valence-electron chi connectivity index (χ2n) is 3.62. The van der Waals surface area contributed by atoms with Crippen molar-refractivity contribution < 1.29 is 9.31 Å². The van der Waals surface area contributed by atoms with Gasteiger partial charge in [-0.3, -0.25) is 10.1 Å². The maximum atomic E-state index is 13.4. The number of rotatable bonds is 5. The molecule has 0 spiro atoms. The number of nitro groups is 1. The summed E-state index contributed by atoms with van der Waals surface area (Å²) >= 11 is 5.99. The number of alkyl halides is 1. The Bertz CT molecular complexity index is 384. The van der Waals surface area contributed by atoms with Crippen LogP contribution in [-0.2, 0) is 6.42 Å². The summed E-state index contributed by atoms with van der Waals surface area (Å²) in [7, 11) is 0. The highest BCUT2D eigenvalue weighted by molar-refractivity contribution is 6.20. The van der Waals surface area contributed by atoms with Gasteiger partial charge in [0.2, 0.25) is 0 Å². The summed E-state index contributed by atoms with van der Waals surface area (Å²) in [6, 6.07) is 3.66. The van der Waals surface area contributed by atoms with Gasteiger partial charge in [0.15, 0.2) is 0 Å². The standard InChI is InChI=1S/C11H13ClFNO2/c1-2-3-9(12)6-8-4-5-10(14(15)16)7-11(8)13/h4-5,7,9H,2-3,6H2,1H3. The predicted octanol–water partition coefficient (Wildman–Crippen LogP) is 3.68. The number of nitro benzene ring substituents is 1. The first kappa shape index (κ1) is 12.9. The highest BCUT2D eigenvalue weighted by atomic mass is 35.5. The van der Waals surface area contributed by atoms with Gasteiger partial charge in [-0.1, -0.05) is 13.3 Å². The van der Waals surface area contributed by atoms with E-state index < -0.39 is 10.7 Å². The fourth-order valence-electron chi connectivity index (χ4n) is 1.47. The van der Waals surface area contributed by atoms with Crippen LogP contribution in [0.1, 0.15) is 25.3 Å². The Morgan fingerprint density at radius 3 is 2.75 bits per heavy atom. The topological polar surface area (TPSA) is 43.1 Å². The summed E-state index contributed by atoms with van der Waals surface area (Å²) in [6.07, 6.45) is 2.14. The van der Waals surface area contributed by atoms with E-state index in [2.05, 4.69) is 0 Å². The Labute approximate surface area is 98.4 Å². The van der Waals surface area contributed by atoms with E-state index in [0.29, 0.717) is 12.0 Å². The predicted molar refractivity (Wildman–Crippen MR) is 61.3 cm³/mol. The molecular formula is C11H13ClFNO2. The number of hydrogen-bond donors (Lipinski definition) is 0. The van der Waals surface area contributed by atoms with Gasteiger partial charge in [-0.05, 0) is 24.5 Å². The van der Waals surface area contributed by atoms with Crippen LogP contribution in [0.2, 0.25) is 0 Å². The summed E-state index contributed by atoms with van der Waals surface area (Å²) in [5.74, 6) is -0.559. The fraction of sp³-hybridized carbons (Fsp3) is 0.455. The van der Waals surface area contributed by atoms with Gasteiger partial charge in [-0.15, -0.1) is 11.6 Å². The van der Waals surface area contributed by atoms with Crippen LogP contribution in [0.15, 0.2) is 18.2 Å². The summed E-state index contributed by atoms with van der Waals surface area (Å²) in [4.78, 5) is 9.79. The molecule has 1 rings (SSSR count). The Kier molecular flexibility index (Phi) is 4.68. The minimum atomic E-state index is -0.614. The Hall–Kier alpha value is -1.16. The van der Waals surface area contributed by atoms with Crippen LogP contribution in [0.5, 0.6) is 0 Å². The van der Waals surface area contributed by atoms with Crippen LogP contribution in [0.4, 0.5) is 10.1 Å². The molecule has 0 amide bonds. The average Bonchev–Trinajstić information content (AvgIpc) is 2.21. The molecule has 88 valence electrons. The van der Waals surface area contributed by atoms with Crippen molar-refractivity contribution in [3.8, 4) is 0 Å². The lowest BCUT2D eigenvalue weighted by molar-refractivity contribution is -0.385.